The number of fused-ring (bicyclic) bond motifs is 2. The van der Waals surface area contributed by atoms with Gasteiger partial charge in [0.25, 0.3) is 5.56 Å². The molecule has 0 atom stereocenters. The molecule has 4 rings (SSSR count). The van der Waals surface area contributed by atoms with E-state index in [2.05, 4.69) is 25.3 Å². The SMILES string of the molecule is CCOc1cccc2nc(Nc3nc(C)c4cc(OC)cc(OC)c4n3)[nH]c(=O)c12. The summed E-state index contributed by atoms with van der Waals surface area (Å²) in [5.41, 5.74) is 1.54. The molecule has 2 aromatic carbocycles. The first-order valence-corrected chi connectivity index (χ1v) is 9.37. The summed E-state index contributed by atoms with van der Waals surface area (Å²) < 4.78 is 16.3. The predicted molar refractivity (Wildman–Crippen MR) is 114 cm³/mol. The van der Waals surface area contributed by atoms with Crippen molar-refractivity contribution in [3.63, 3.8) is 0 Å². The van der Waals surface area contributed by atoms with Gasteiger partial charge in [0.2, 0.25) is 11.9 Å². The van der Waals surface area contributed by atoms with Crippen LogP contribution in [-0.2, 0) is 0 Å². The summed E-state index contributed by atoms with van der Waals surface area (Å²) in [4.78, 5) is 28.9. The lowest BCUT2D eigenvalue weighted by molar-refractivity contribution is 0.344. The lowest BCUT2D eigenvalue weighted by Gasteiger charge is -2.12. The second kappa shape index (κ2) is 7.86. The van der Waals surface area contributed by atoms with Gasteiger partial charge in [-0.1, -0.05) is 6.07 Å². The van der Waals surface area contributed by atoms with Crippen molar-refractivity contribution in [3.05, 3.63) is 46.4 Å². The molecule has 0 bridgehead atoms. The van der Waals surface area contributed by atoms with Crippen LogP contribution >= 0.6 is 0 Å². The number of aromatic amines is 1. The van der Waals surface area contributed by atoms with Crippen molar-refractivity contribution < 1.29 is 14.2 Å². The van der Waals surface area contributed by atoms with Gasteiger partial charge in [-0.05, 0) is 32.0 Å². The maximum absolute atomic E-state index is 12.6. The number of aryl methyl sites for hydroxylation is 1. The van der Waals surface area contributed by atoms with Gasteiger partial charge in [0.1, 0.15) is 28.2 Å². The first-order chi connectivity index (χ1) is 14.5. The number of rotatable bonds is 6. The van der Waals surface area contributed by atoms with Gasteiger partial charge in [0, 0.05) is 11.5 Å². The van der Waals surface area contributed by atoms with E-state index >= 15 is 0 Å². The molecule has 0 saturated heterocycles. The quantitative estimate of drug-likeness (QED) is 0.501. The Labute approximate surface area is 172 Å². The third kappa shape index (κ3) is 3.45. The van der Waals surface area contributed by atoms with Crippen LogP contribution in [-0.4, -0.2) is 40.8 Å². The fourth-order valence-corrected chi connectivity index (χ4v) is 3.25. The molecule has 0 spiro atoms. The van der Waals surface area contributed by atoms with Crippen LogP contribution in [0.25, 0.3) is 21.8 Å². The molecule has 0 aliphatic heterocycles. The highest BCUT2D eigenvalue weighted by molar-refractivity contribution is 5.89. The first kappa shape index (κ1) is 19.4. The highest BCUT2D eigenvalue weighted by atomic mass is 16.5. The average molecular weight is 407 g/mol. The summed E-state index contributed by atoms with van der Waals surface area (Å²) in [6.45, 7) is 4.17. The summed E-state index contributed by atoms with van der Waals surface area (Å²) in [6, 6.07) is 8.89. The van der Waals surface area contributed by atoms with E-state index in [0.717, 1.165) is 11.1 Å². The van der Waals surface area contributed by atoms with Crippen molar-refractivity contribution in [2.45, 2.75) is 13.8 Å². The third-order valence-electron chi connectivity index (χ3n) is 4.61. The van der Waals surface area contributed by atoms with E-state index in [1.807, 2.05) is 19.9 Å². The number of benzene rings is 2. The van der Waals surface area contributed by atoms with Gasteiger partial charge in [-0.15, -0.1) is 0 Å². The number of methoxy groups -OCH3 is 2. The van der Waals surface area contributed by atoms with Gasteiger partial charge < -0.3 is 14.2 Å². The first-order valence-electron chi connectivity index (χ1n) is 9.37. The maximum atomic E-state index is 12.6. The zero-order valence-corrected chi connectivity index (χ0v) is 17.1. The minimum Gasteiger partial charge on any atom is -0.497 e. The Morgan fingerprint density at radius 1 is 1.07 bits per heavy atom. The second-order valence-electron chi connectivity index (χ2n) is 6.48. The molecule has 0 saturated carbocycles. The molecule has 0 amide bonds. The topological polar surface area (TPSA) is 111 Å². The van der Waals surface area contributed by atoms with Crippen molar-refractivity contribution in [3.8, 4) is 17.2 Å². The van der Waals surface area contributed by atoms with Crippen LogP contribution < -0.4 is 25.1 Å². The van der Waals surface area contributed by atoms with E-state index in [1.165, 1.54) is 0 Å². The van der Waals surface area contributed by atoms with Crippen molar-refractivity contribution in [1.82, 2.24) is 19.9 Å². The van der Waals surface area contributed by atoms with E-state index in [0.29, 0.717) is 40.3 Å². The molecule has 30 heavy (non-hydrogen) atoms. The zero-order chi connectivity index (χ0) is 21.3. The minimum absolute atomic E-state index is 0.229. The van der Waals surface area contributed by atoms with Crippen LogP contribution in [0.2, 0.25) is 0 Å². The van der Waals surface area contributed by atoms with Crippen molar-refractivity contribution in [2.75, 3.05) is 26.1 Å². The van der Waals surface area contributed by atoms with E-state index in [1.54, 1.807) is 38.5 Å². The summed E-state index contributed by atoms with van der Waals surface area (Å²) in [5.74, 6) is 2.21. The molecule has 0 fully saturated rings. The minimum atomic E-state index is -0.314. The third-order valence-corrected chi connectivity index (χ3v) is 4.61. The molecule has 2 heterocycles. The molecular formula is C21H21N5O4. The molecule has 0 aliphatic rings. The molecule has 0 unspecified atom stereocenters. The highest BCUT2D eigenvalue weighted by Gasteiger charge is 2.14. The Morgan fingerprint density at radius 3 is 2.63 bits per heavy atom. The maximum Gasteiger partial charge on any atom is 0.263 e. The Kier molecular flexibility index (Phi) is 5.09. The largest absolute Gasteiger partial charge is 0.497 e. The molecule has 9 heteroatoms. The number of H-pyrrole nitrogens is 1. The van der Waals surface area contributed by atoms with Gasteiger partial charge in [0.05, 0.1) is 32.0 Å². The summed E-state index contributed by atoms with van der Waals surface area (Å²) in [5, 5.41) is 4.19. The van der Waals surface area contributed by atoms with Gasteiger partial charge in [-0.2, -0.15) is 0 Å². The Morgan fingerprint density at radius 2 is 1.90 bits per heavy atom. The van der Waals surface area contributed by atoms with Gasteiger partial charge >= 0.3 is 0 Å². The Balaban J connectivity index is 1.79. The number of nitrogens with one attached hydrogen (secondary N) is 2. The lowest BCUT2D eigenvalue weighted by atomic mass is 10.1. The fourth-order valence-electron chi connectivity index (χ4n) is 3.25. The lowest BCUT2D eigenvalue weighted by Crippen LogP contribution is -2.13. The van der Waals surface area contributed by atoms with E-state index < -0.39 is 0 Å². The van der Waals surface area contributed by atoms with E-state index in [-0.39, 0.29) is 17.5 Å². The zero-order valence-electron chi connectivity index (χ0n) is 17.1. The molecule has 0 radical (unpaired) electrons. The average Bonchev–Trinajstić information content (AvgIpc) is 2.73. The van der Waals surface area contributed by atoms with Crippen LogP contribution in [0.1, 0.15) is 12.6 Å². The molecule has 0 aliphatic carbocycles. The number of aromatic nitrogens is 4. The summed E-state index contributed by atoms with van der Waals surface area (Å²) >= 11 is 0. The fraction of sp³-hybridized carbons (Fsp3) is 0.238. The van der Waals surface area contributed by atoms with Crippen LogP contribution in [0.3, 0.4) is 0 Å². The second-order valence-corrected chi connectivity index (χ2v) is 6.48. The van der Waals surface area contributed by atoms with Crippen LogP contribution in [0.5, 0.6) is 17.2 Å². The molecule has 9 nitrogen and oxygen atoms in total. The smallest absolute Gasteiger partial charge is 0.263 e. The number of nitrogens with zero attached hydrogens (tertiary/aromatic N) is 3. The number of hydrogen-bond acceptors (Lipinski definition) is 8. The van der Waals surface area contributed by atoms with Crippen LogP contribution in [0, 0.1) is 6.92 Å². The van der Waals surface area contributed by atoms with Gasteiger partial charge in [-0.25, -0.2) is 15.0 Å². The van der Waals surface area contributed by atoms with Crippen LogP contribution in [0.15, 0.2) is 35.1 Å². The Hall–Kier alpha value is -3.88. The predicted octanol–water partition coefficient (Wildman–Crippen LogP) is 3.33. The molecule has 154 valence electrons. The molecular weight excluding hydrogens is 386 g/mol. The normalized spacial score (nSPS) is 10.9. The number of anilines is 2. The van der Waals surface area contributed by atoms with Crippen LogP contribution in [0.4, 0.5) is 11.9 Å². The number of ether oxygens (including phenoxy) is 3. The van der Waals surface area contributed by atoms with E-state index in [4.69, 9.17) is 14.2 Å². The highest BCUT2D eigenvalue weighted by Crippen LogP contribution is 2.32. The van der Waals surface area contributed by atoms with Crippen molar-refractivity contribution >= 4 is 33.7 Å². The van der Waals surface area contributed by atoms with Gasteiger partial charge in [0.15, 0.2) is 0 Å². The summed E-state index contributed by atoms with van der Waals surface area (Å²) in [7, 11) is 3.16. The Bertz CT molecular complexity index is 1300. The molecule has 2 aromatic heterocycles. The summed E-state index contributed by atoms with van der Waals surface area (Å²) in [6.07, 6.45) is 0. The molecule has 4 aromatic rings. The van der Waals surface area contributed by atoms with Gasteiger partial charge in [-0.3, -0.25) is 15.1 Å². The number of hydrogen-bond donors (Lipinski definition) is 2. The van der Waals surface area contributed by atoms with Crippen molar-refractivity contribution in [1.29, 1.82) is 0 Å². The van der Waals surface area contributed by atoms with Crippen molar-refractivity contribution in [2.24, 2.45) is 0 Å². The van der Waals surface area contributed by atoms with E-state index in [9.17, 15) is 4.79 Å². The standard InChI is InChI=1S/C21H21N5O4/c1-5-30-15-8-6-7-14-17(15)19(27)25-21(23-14)26-20-22-11(2)13-9-12(28-3)10-16(29-4)18(13)24-20/h6-10H,5H2,1-4H3,(H2,22,23,24,25,26,27). The monoisotopic (exact) mass is 407 g/mol. The molecule has 2 N–H and O–H groups in total.